The van der Waals surface area contributed by atoms with Crippen molar-refractivity contribution in [2.75, 3.05) is 18.0 Å². The van der Waals surface area contributed by atoms with Gasteiger partial charge in [-0.3, -0.25) is 0 Å². The monoisotopic (exact) mass is 311 g/mol. The highest BCUT2D eigenvalue weighted by atomic mass is 15.3. The minimum absolute atomic E-state index is 0.604. The van der Waals surface area contributed by atoms with Crippen molar-refractivity contribution in [3.05, 3.63) is 17.6 Å². The SMILES string of the molecule is Cc1c(C)n(C2CCCC2)c2ncnc(N3C[C@@H]4C[C@H]3CN4)c12. The maximum Gasteiger partial charge on any atom is 0.146 e. The second-order valence-corrected chi connectivity index (χ2v) is 7.56. The van der Waals surface area contributed by atoms with Gasteiger partial charge in [0.1, 0.15) is 17.8 Å². The van der Waals surface area contributed by atoms with Gasteiger partial charge in [-0.05, 0) is 38.7 Å². The number of hydrogen-bond donors (Lipinski definition) is 1. The fourth-order valence-electron chi connectivity index (χ4n) is 5.05. The first kappa shape index (κ1) is 13.8. The van der Waals surface area contributed by atoms with Gasteiger partial charge in [0, 0.05) is 36.9 Å². The molecule has 2 aromatic heterocycles. The second-order valence-electron chi connectivity index (χ2n) is 7.56. The lowest BCUT2D eigenvalue weighted by atomic mass is 10.2. The van der Waals surface area contributed by atoms with Crippen LogP contribution in [-0.4, -0.2) is 39.7 Å². The molecule has 0 spiro atoms. The molecule has 0 amide bonds. The standard InChI is InChI=1S/C18H25N5/c1-11-12(2)23(14-5-3-4-6-14)18-16(11)17(20-10-21-18)22-9-13-7-15(22)8-19-13/h10,13-15,19H,3-9H2,1-2H3/t13-,15-/m0/s1. The molecule has 2 aliphatic heterocycles. The van der Waals surface area contributed by atoms with Crippen molar-refractivity contribution in [2.45, 2.75) is 64.1 Å². The zero-order chi connectivity index (χ0) is 15.6. The number of aromatic nitrogens is 3. The van der Waals surface area contributed by atoms with E-state index >= 15 is 0 Å². The second kappa shape index (κ2) is 4.94. The third-order valence-corrected chi connectivity index (χ3v) is 6.33. The molecule has 1 aliphatic carbocycles. The largest absolute Gasteiger partial charge is 0.350 e. The summed E-state index contributed by atoms with van der Waals surface area (Å²) in [7, 11) is 0. The summed E-state index contributed by atoms with van der Waals surface area (Å²) in [5.74, 6) is 1.17. The Kier molecular flexibility index (Phi) is 2.96. The molecule has 122 valence electrons. The lowest BCUT2D eigenvalue weighted by Crippen LogP contribution is -2.44. The Bertz CT molecular complexity index is 758. The molecule has 2 aromatic rings. The van der Waals surface area contributed by atoms with E-state index < -0.39 is 0 Å². The fourth-order valence-corrected chi connectivity index (χ4v) is 5.05. The van der Waals surface area contributed by atoms with Gasteiger partial charge in [0.2, 0.25) is 0 Å². The molecule has 5 heteroatoms. The first-order valence-electron chi connectivity index (χ1n) is 9.06. The van der Waals surface area contributed by atoms with Crippen molar-refractivity contribution in [1.29, 1.82) is 0 Å². The quantitative estimate of drug-likeness (QED) is 0.926. The number of hydrogen-bond acceptors (Lipinski definition) is 4. The zero-order valence-corrected chi connectivity index (χ0v) is 14.0. The van der Waals surface area contributed by atoms with Crippen molar-refractivity contribution in [1.82, 2.24) is 19.9 Å². The smallest absolute Gasteiger partial charge is 0.146 e. The third kappa shape index (κ3) is 1.89. The molecule has 23 heavy (non-hydrogen) atoms. The predicted octanol–water partition coefficient (Wildman–Crippen LogP) is 2.71. The van der Waals surface area contributed by atoms with E-state index in [1.165, 1.54) is 54.6 Å². The molecule has 3 fully saturated rings. The van der Waals surface area contributed by atoms with E-state index in [9.17, 15) is 0 Å². The average molecular weight is 311 g/mol. The Hall–Kier alpha value is -1.62. The highest BCUT2D eigenvalue weighted by molar-refractivity contribution is 5.92. The highest BCUT2D eigenvalue weighted by Crippen LogP contribution is 2.40. The predicted molar refractivity (Wildman–Crippen MR) is 92.0 cm³/mol. The van der Waals surface area contributed by atoms with Crippen LogP contribution in [0, 0.1) is 13.8 Å². The van der Waals surface area contributed by atoms with E-state index in [2.05, 4.69) is 28.6 Å². The first-order valence-corrected chi connectivity index (χ1v) is 9.06. The first-order chi connectivity index (χ1) is 11.2. The Balaban J connectivity index is 1.68. The molecule has 1 saturated carbocycles. The molecule has 2 saturated heterocycles. The van der Waals surface area contributed by atoms with Crippen LogP contribution in [0.25, 0.3) is 11.0 Å². The average Bonchev–Trinajstić information content (AvgIpc) is 3.33. The van der Waals surface area contributed by atoms with Crippen LogP contribution in [0.2, 0.25) is 0 Å². The van der Waals surface area contributed by atoms with Gasteiger partial charge < -0.3 is 14.8 Å². The molecule has 3 aliphatic rings. The fraction of sp³-hybridized carbons (Fsp3) is 0.667. The maximum absolute atomic E-state index is 4.72. The molecule has 5 rings (SSSR count). The van der Waals surface area contributed by atoms with E-state index in [-0.39, 0.29) is 0 Å². The summed E-state index contributed by atoms with van der Waals surface area (Å²) in [5, 5.41) is 4.89. The van der Waals surface area contributed by atoms with Gasteiger partial charge in [0.05, 0.1) is 5.39 Å². The number of aryl methyl sites for hydroxylation is 1. The summed E-state index contributed by atoms with van der Waals surface area (Å²) >= 11 is 0. The molecule has 0 radical (unpaired) electrons. The van der Waals surface area contributed by atoms with Gasteiger partial charge in [0.15, 0.2) is 0 Å². The summed E-state index contributed by atoms with van der Waals surface area (Å²) in [6, 6.07) is 1.88. The van der Waals surface area contributed by atoms with Crippen LogP contribution in [0.15, 0.2) is 6.33 Å². The van der Waals surface area contributed by atoms with Crippen molar-refractivity contribution >= 4 is 16.9 Å². The molecule has 5 nitrogen and oxygen atoms in total. The lowest BCUT2D eigenvalue weighted by Gasteiger charge is -2.29. The van der Waals surface area contributed by atoms with Crippen LogP contribution < -0.4 is 10.2 Å². The Morgan fingerprint density at radius 2 is 1.96 bits per heavy atom. The number of nitrogens with zero attached hydrogens (tertiary/aromatic N) is 4. The summed E-state index contributed by atoms with van der Waals surface area (Å²) in [4.78, 5) is 12.0. The Labute approximate surface area is 137 Å². The number of rotatable bonds is 2. The highest BCUT2D eigenvalue weighted by Gasteiger charge is 2.39. The van der Waals surface area contributed by atoms with Gasteiger partial charge in [-0.2, -0.15) is 0 Å². The van der Waals surface area contributed by atoms with Gasteiger partial charge in [-0.1, -0.05) is 12.8 Å². The molecule has 2 bridgehead atoms. The number of fused-ring (bicyclic) bond motifs is 3. The van der Waals surface area contributed by atoms with Crippen molar-refractivity contribution in [3.63, 3.8) is 0 Å². The maximum atomic E-state index is 4.72. The molecular formula is C18H25N5. The van der Waals surface area contributed by atoms with E-state index in [4.69, 9.17) is 9.97 Å². The summed E-state index contributed by atoms with van der Waals surface area (Å²) < 4.78 is 2.51. The number of anilines is 1. The molecule has 0 unspecified atom stereocenters. The summed E-state index contributed by atoms with van der Waals surface area (Å²) in [6.45, 7) is 6.70. The topological polar surface area (TPSA) is 46.0 Å². The van der Waals surface area contributed by atoms with Crippen molar-refractivity contribution in [2.24, 2.45) is 0 Å². The van der Waals surface area contributed by atoms with Crippen LogP contribution in [0.3, 0.4) is 0 Å². The minimum Gasteiger partial charge on any atom is -0.350 e. The molecule has 4 heterocycles. The van der Waals surface area contributed by atoms with Gasteiger partial charge in [0.25, 0.3) is 0 Å². The minimum atomic E-state index is 0.604. The van der Waals surface area contributed by atoms with Crippen LogP contribution in [0.4, 0.5) is 5.82 Å². The van der Waals surface area contributed by atoms with Crippen LogP contribution in [0.1, 0.15) is 49.4 Å². The van der Waals surface area contributed by atoms with E-state index in [0.717, 1.165) is 18.7 Å². The Morgan fingerprint density at radius 3 is 2.65 bits per heavy atom. The molecular weight excluding hydrogens is 286 g/mol. The lowest BCUT2D eigenvalue weighted by molar-refractivity contribution is 0.521. The molecule has 1 N–H and O–H groups in total. The van der Waals surface area contributed by atoms with Crippen LogP contribution in [-0.2, 0) is 0 Å². The van der Waals surface area contributed by atoms with Gasteiger partial charge in [-0.15, -0.1) is 0 Å². The zero-order valence-electron chi connectivity index (χ0n) is 14.0. The number of piperazine rings is 1. The van der Waals surface area contributed by atoms with E-state index in [0.29, 0.717) is 18.1 Å². The Morgan fingerprint density at radius 1 is 1.13 bits per heavy atom. The van der Waals surface area contributed by atoms with E-state index in [1.807, 2.05) is 0 Å². The van der Waals surface area contributed by atoms with Crippen molar-refractivity contribution in [3.8, 4) is 0 Å². The van der Waals surface area contributed by atoms with Crippen LogP contribution in [0.5, 0.6) is 0 Å². The van der Waals surface area contributed by atoms with Crippen molar-refractivity contribution < 1.29 is 0 Å². The van der Waals surface area contributed by atoms with E-state index in [1.54, 1.807) is 6.33 Å². The number of nitrogens with one attached hydrogen (secondary N) is 1. The third-order valence-electron chi connectivity index (χ3n) is 6.33. The van der Waals surface area contributed by atoms with Gasteiger partial charge >= 0.3 is 0 Å². The normalized spacial score (nSPS) is 27.7. The molecule has 2 atom stereocenters. The van der Waals surface area contributed by atoms with Crippen LogP contribution >= 0.6 is 0 Å². The summed E-state index contributed by atoms with van der Waals surface area (Å²) in [5.41, 5.74) is 3.92. The summed E-state index contributed by atoms with van der Waals surface area (Å²) in [6.07, 6.45) is 8.32. The molecule has 0 aromatic carbocycles. The van der Waals surface area contributed by atoms with Gasteiger partial charge in [-0.25, -0.2) is 9.97 Å².